The summed E-state index contributed by atoms with van der Waals surface area (Å²) in [6, 6.07) is 8.73. The molecule has 0 radical (unpaired) electrons. The number of hydrogen-bond acceptors (Lipinski definition) is 4. The number of thioether (sulfide) groups is 1. The first-order chi connectivity index (χ1) is 9.18. The van der Waals surface area contributed by atoms with E-state index in [9.17, 15) is 0 Å². The van der Waals surface area contributed by atoms with E-state index in [1.54, 1.807) is 6.20 Å². The highest BCUT2D eigenvalue weighted by Gasteiger charge is 2.27. The molecule has 4 heteroatoms. The van der Waals surface area contributed by atoms with E-state index in [-0.39, 0.29) is 0 Å². The topological polar surface area (TPSA) is 42.1 Å². The number of hydrogen-bond donors (Lipinski definition) is 1. The Morgan fingerprint density at radius 1 is 1.32 bits per heavy atom. The summed E-state index contributed by atoms with van der Waals surface area (Å²) in [7, 11) is 0. The van der Waals surface area contributed by atoms with Gasteiger partial charge in [-0.05, 0) is 13.0 Å². The summed E-state index contributed by atoms with van der Waals surface area (Å²) >= 11 is 2.04. The third kappa shape index (κ3) is 2.14. The van der Waals surface area contributed by atoms with Gasteiger partial charge in [-0.15, -0.1) is 0 Å². The quantitative estimate of drug-likeness (QED) is 0.866. The molecule has 1 saturated heterocycles. The largest absolute Gasteiger partial charge is 0.396 e. The van der Waals surface area contributed by atoms with Crippen LogP contribution in [-0.4, -0.2) is 28.6 Å². The van der Waals surface area contributed by atoms with Crippen LogP contribution in [0.2, 0.25) is 0 Å². The van der Waals surface area contributed by atoms with Crippen LogP contribution in [0.5, 0.6) is 0 Å². The lowest BCUT2D eigenvalue weighted by atomic mass is 10.1. The van der Waals surface area contributed by atoms with Gasteiger partial charge in [0.15, 0.2) is 0 Å². The molecule has 3 rings (SSSR count). The Hall–Kier alpha value is -1.42. The summed E-state index contributed by atoms with van der Waals surface area (Å²) in [6.45, 7) is 5.63. The average molecular weight is 273 g/mol. The van der Waals surface area contributed by atoms with E-state index in [1.165, 1.54) is 0 Å². The zero-order valence-corrected chi connectivity index (χ0v) is 12.2. The van der Waals surface area contributed by atoms with Gasteiger partial charge < -0.3 is 10.6 Å². The molecule has 1 fully saturated rings. The standard InChI is InChI=1S/C15H19N3S/c1-10-11(2)19-8-7-18(10)15-12-5-3-4-6-14(12)17-9-13(15)16/h3-6,9-11H,7-8,16H2,1-2H3. The van der Waals surface area contributed by atoms with Crippen molar-refractivity contribution in [3.63, 3.8) is 0 Å². The monoisotopic (exact) mass is 273 g/mol. The van der Waals surface area contributed by atoms with E-state index in [2.05, 4.69) is 35.9 Å². The highest BCUT2D eigenvalue weighted by atomic mass is 32.2. The predicted molar refractivity (Wildman–Crippen MR) is 84.9 cm³/mol. The number of aromatic nitrogens is 1. The van der Waals surface area contributed by atoms with Gasteiger partial charge in [-0.3, -0.25) is 4.98 Å². The van der Waals surface area contributed by atoms with Crippen LogP contribution < -0.4 is 10.6 Å². The summed E-state index contributed by atoms with van der Waals surface area (Å²) in [5, 5.41) is 1.79. The Morgan fingerprint density at radius 3 is 2.95 bits per heavy atom. The third-order valence-corrected chi connectivity index (χ3v) is 5.28. The first-order valence-electron chi connectivity index (χ1n) is 6.70. The van der Waals surface area contributed by atoms with Crippen molar-refractivity contribution in [1.82, 2.24) is 4.98 Å². The van der Waals surface area contributed by atoms with Gasteiger partial charge in [-0.2, -0.15) is 11.8 Å². The molecule has 0 amide bonds. The molecule has 100 valence electrons. The summed E-state index contributed by atoms with van der Waals surface area (Å²) < 4.78 is 0. The van der Waals surface area contributed by atoms with Crippen LogP contribution in [0.1, 0.15) is 13.8 Å². The molecule has 1 aliphatic rings. The van der Waals surface area contributed by atoms with Gasteiger partial charge >= 0.3 is 0 Å². The molecule has 19 heavy (non-hydrogen) atoms. The van der Waals surface area contributed by atoms with Crippen LogP contribution >= 0.6 is 11.8 Å². The van der Waals surface area contributed by atoms with Gasteiger partial charge in [0.2, 0.25) is 0 Å². The summed E-state index contributed by atoms with van der Waals surface area (Å²) in [5.74, 6) is 1.15. The molecule has 2 heterocycles. The molecule has 1 aromatic carbocycles. The minimum Gasteiger partial charge on any atom is -0.396 e. The molecule has 2 atom stereocenters. The van der Waals surface area contributed by atoms with E-state index < -0.39 is 0 Å². The number of nitrogens with two attached hydrogens (primary N) is 1. The van der Waals surface area contributed by atoms with E-state index in [0.717, 1.165) is 34.6 Å². The molecule has 2 unspecified atom stereocenters. The Morgan fingerprint density at radius 2 is 2.11 bits per heavy atom. The van der Waals surface area contributed by atoms with Crippen molar-refractivity contribution >= 4 is 34.0 Å². The van der Waals surface area contributed by atoms with Gasteiger partial charge in [-0.1, -0.05) is 25.1 Å². The van der Waals surface area contributed by atoms with Crippen LogP contribution in [0.4, 0.5) is 11.4 Å². The van der Waals surface area contributed by atoms with Crippen LogP contribution in [0.3, 0.4) is 0 Å². The number of pyridine rings is 1. The number of nitrogen functional groups attached to an aromatic ring is 1. The Balaban J connectivity index is 2.15. The van der Waals surface area contributed by atoms with E-state index in [1.807, 2.05) is 23.9 Å². The first-order valence-corrected chi connectivity index (χ1v) is 7.75. The molecular weight excluding hydrogens is 254 g/mol. The predicted octanol–water partition coefficient (Wildman–Crippen LogP) is 3.15. The molecule has 0 saturated carbocycles. The van der Waals surface area contributed by atoms with Gasteiger partial charge in [0.25, 0.3) is 0 Å². The van der Waals surface area contributed by atoms with Gasteiger partial charge in [0.1, 0.15) is 0 Å². The number of fused-ring (bicyclic) bond motifs is 1. The molecule has 2 aromatic rings. The van der Waals surface area contributed by atoms with Crippen LogP contribution in [0.15, 0.2) is 30.5 Å². The van der Waals surface area contributed by atoms with Gasteiger partial charge in [0.05, 0.1) is 23.1 Å². The number of rotatable bonds is 1. The van der Waals surface area contributed by atoms with Crippen molar-refractivity contribution in [2.75, 3.05) is 22.9 Å². The second kappa shape index (κ2) is 4.93. The first kappa shape index (κ1) is 12.6. The molecule has 2 N–H and O–H groups in total. The van der Waals surface area contributed by atoms with Gasteiger partial charge in [0, 0.05) is 29.0 Å². The van der Waals surface area contributed by atoms with Crippen LogP contribution in [0, 0.1) is 0 Å². The second-order valence-corrected chi connectivity index (χ2v) is 6.57. The van der Waals surface area contributed by atoms with E-state index >= 15 is 0 Å². The van der Waals surface area contributed by atoms with Crippen LogP contribution in [0.25, 0.3) is 10.9 Å². The lowest BCUT2D eigenvalue weighted by Gasteiger charge is -2.40. The smallest absolute Gasteiger partial charge is 0.0745 e. The third-order valence-electron chi connectivity index (χ3n) is 3.95. The summed E-state index contributed by atoms with van der Waals surface area (Å²) in [6.07, 6.45) is 1.79. The molecule has 1 aromatic heterocycles. The number of benzene rings is 1. The van der Waals surface area contributed by atoms with E-state index in [4.69, 9.17) is 5.73 Å². The second-order valence-electron chi connectivity index (χ2n) is 5.09. The van der Waals surface area contributed by atoms with Crippen molar-refractivity contribution in [1.29, 1.82) is 0 Å². The zero-order chi connectivity index (χ0) is 13.4. The van der Waals surface area contributed by atoms with Gasteiger partial charge in [-0.25, -0.2) is 0 Å². The van der Waals surface area contributed by atoms with Crippen molar-refractivity contribution in [2.45, 2.75) is 25.1 Å². The molecule has 1 aliphatic heterocycles. The minimum atomic E-state index is 0.492. The maximum Gasteiger partial charge on any atom is 0.0745 e. The Labute approximate surface area is 118 Å². The maximum atomic E-state index is 6.21. The number of nitrogens with zero attached hydrogens (tertiary/aromatic N) is 2. The minimum absolute atomic E-state index is 0.492. The molecule has 0 aliphatic carbocycles. The average Bonchev–Trinajstić information content (AvgIpc) is 2.43. The summed E-state index contributed by atoms with van der Waals surface area (Å²) in [5.41, 5.74) is 9.17. The van der Waals surface area contributed by atoms with E-state index in [0.29, 0.717) is 11.3 Å². The van der Waals surface area contributed by atoms with Crippen molar-refractivity contribution in [3.8, 4) is 0 Å². The lowest BCUT2D eigenvalue weighted by molar-refractivity contribution is 0.629. The number of para-hydroxylation sites is 1. The van der Waals surface area contributed by atoms with Crippen molar-refractivity contribution in [2.24, 2.45) is 0 Å². The van der Waals surface area contributed by atoms with Crippen LogP contribution in [-0.2, 0) is 0 Å². The molecule has 0 spiro atoms. The van der Waals surface area contributed by atoms with Crippen molar-refractivity contribution in [3.05, 3.63) is 30.5 Å². The SMILES string of the molecule is CC1SCCN(c2c(N)cnc3ccccc23)C1C. The fourth-order valence-electron chi connectivity index (χ4n) is 2.71. The van der Waals surface area contributed by atoms with Crippen molar-refractivity contribution < 1.29 is 0 Å². The fourth-order valence-corrected chi connectivity index (χ4v) is 3.81. The highest BCUT2D eigenvalue weighted by molar-refractivity contribution is 8.00. The zero-order valence-electron chi connectivity index (χ0n) is 11.3. The fraction of sp³-hybridized carbons (Fsp3) is 0.400. The highest BCUT2D eigenvalue weighted by Crippen LogP contribution is 2.36. The maximum absolute atomic E-state index is 6.21. The normalized spacial score (nSPS) is 23.8. The Kier molecular flexibility index (Phi) is 3.27. The lowest BCUT2D eigenvalue weighted by Crippen LogP contribution is -2.45. The summed E-state index contributed by atoms with van der Waals surface area (Å²) in [4.78, 5) is 6.87. The molecular formula is C15H19N3S. The molecule has 3 nitrogen and oxygen atoms in total. The molecule has 0 bridgehead atoms. The Bertz CT molecular complexity index is 599. The number of anilines is 2.